The molecule has 1 heterocycles. The van der Waals surface area contributed by atoms with Crippen LogP contribution in [0.25, 0.3) is 0 Å². The molecule has 1 aliphatic heterocycles. The van der Waals surface area contributed by atoms with Gasteiger partial charge in [0.1, 0.15) is 6.17 Å². The summed E-state index contributed by atoms with van der Waals surface area (Å²) in [7, 11) is 0. The van der Waals surface area contributed by atoms with Crippen LogP contribution in [-0.4, -0.2) is 6.21 Å². The summed E-state index contributed by atoms with van der Waals surface area (Å²) in [5.41, 5.74) is 1.20. The minimum absolute atomic E-state index is 0.416. The van der Waals surface area contributed by atoms with Crippen molar-refractivity contribution < 1.29 is 13.2 Å². The number of fused-ring (bicyclic) bond motifs is 1. The minimum Gasteiger partial charge on any atom is -0.360 e. The Balaban J connectivity index is 1.92. The third kappa shape index (κ3) is 2.88. The monoisotopic (exact) mass is 310 g/mol. The smallest absolute Gasteiger partial charge is 0.360 e. The Morgan fingerprint density at radius 3 is 2.43 bits per heavy atom. The molecule has 0 aliphatic carbocycles. The summed E-state index contributed by atoms with van der Waals surface area (Å²) in [4.78, 5) is 4.30. The lowest BCUT2D eigenvalue weighted by molar-refractivity contribution is -0.137. The number of anilines is 1. The lowest BCUT2D eigenvalue weighted by atomic mass is 10.1. The van der Waals surface area contributed by atoms with Crippen molar-refractivity contribution in [3.8, 4) is 0 Å². The molecule has 2 aromatic carbocycles. The third-order valence-electron chi connectivity index (χ3n) is 3.22. The Hall–Kier alpha value is -2.01. The van der Waals surface area contributed by atoms with Crippen molar-refractivity contribution in [2.45, 2.75) is 12.3 Å². The summed E-state index contributed by atoms with van der Waals surface area (Å²) >= 11 is 5.82. The van der Waals surface area contributed by atoms with E-state index in [1.54, 1.807) is 30.5 Å². The number of halogens is 4. The van der Waals surface area contributed by atoms with Crippen LogP contribution >= 0.6 is 11.6 Å². The van der Waals surface area contributed by atoms with Crippen LogP contribution in [-0.2, 0) is 6.18 Å². The van der Waals surface area contributed by atoms with E-state index in [-0.39, 0.29) is 0 Å². The summed E-state index contributed by atoms with van der Waals surface area (Å²) in [6.45, 7) is 0. The van der Waals surface area contributed by atoms with Crippen molar-refractivity contribution in [3.63, 3.8) is 0 Å². The lowest BCUT2D eigenvalue weighted by Crippen LogP contribution is -2.16. The average Bonchev–Trinajstić information content (AvgIpc) is 2.46. The summed E-state index contributed by atoms with van der Waals surface area (Å²) in [6, 6.07) is 10.6. The molecule has 0 spiro atoms. The molecule has 2 aromatic rings. The first kappa shape index (κ1) is 13.9. The van der Waals surface area contributed by atoms with Gasteiger partial charge in [0.15, 0.2) is 0 Å². The molecule has 0 saturated carbocycles. The predicted octanol–water partition coefficient (Wildman–Crippen LogP) is 4.90. The van der Waals surface area contributed by atoms with Crippen LogP contribution in [0.3, 0.4) is 0 Å². The molecule has 1 atom stereocenters. The van der Waals surface area contributed by atoms with E-state index in [9.17, 15) is 13.2 Å². The van der Waals surface area contributed by atoms with E-state index in [2.05, 4.69) is 10.3 Å². The molecular weight excluding hydrogens is 301 g/mol. The van der Waals surface area contributed by atoms with Gasteiger partial charge in [-0.15, -0.1) is 0 Å². The number of nitrogens with zero attached hydrogens (tertiary/aromatic N) is 1. The zero-order valence-electron chi connectivity index (χ0n) is 10.7. The van der Waals surface area contributed by atoms with Crippen LogP contribution in [0.15, 0.2) is 47.5 Å². The molecule has 0 aromatic heterocycles. The molecule has 0 fully saturated rings. The van der Waals surface area contributed by atoms with Crippen molar-refractivity contribution in [1.29, 1.82) is 0 Å². The Labute approximate surface area is 124 Å². The highest BCUT2D eigenvalue weighted by Gasteiger charge is 2.31. The van der Waals surface area contributed by atoms with Crippen molar-refractivity contribution >= 4 is 23.5 Å². The fourth-order valence-electron chi connectivity index (χ4n) is 2.12. The largest absolute Gasteiger partial charge is 0.416 e. The molecule has 0 bridgehead atoms. The van der Waals surface area contributed by atoms with Gasteiger partial charge in [0.2, 0.25) is 0 Å². The van der Waals surface area contributed by atoms with Gasteiger partial charge in [0, 0.05) is 22.5 Å². The van der Waals surface area contributed by atoms with Gasteiger partial charge in [-0.1, -0.05) is 29.8 Å². The first-order valence-corrected chi connectivity index (χ1v) is 6.58. The molecule has 0 saturated heterocycles. The van der Waals surface area contributed by atoms with Gasteiger partial charge in [-0.25, -0.2) is 0 Å². The van der Waals surface area contributed by atoms with Crippen molar-refractivity contribution in [2.24, 2.45) is 4.99 Å². The molecule has 1 N–H and O–H groups in total. The van der Waals surface area contributed by atoms with E-state index >= 15 is 0 Å². The van der Waals surface area contributed by atoms with Gasteiger partial charge < -0.3 is 5.32 Å². The maximum atomic E-state index is 12.7. The Bertz CT molecular complexity index is 693. The summed E-state index contributed by atoms with van der Waals surface area (Å²) in [6.07, 6.45) is -3.20. The van der Waals surface area contributed by atoms with Crippen LogP contribution < -0.4 is 5.32 Å². The van der Waals surface area contributed by atoms with E-state index in [1.165, 1.54) is 6.07 Å². The molecule has 2 nitrogen and oxygen atoms in total. The topological polar surface area (TPSA) is 24.4 Å². The zero-order chi connectivity index (χ0) is 15.0. The molecule has 0 radical (unpaired) electrons. The highest BCUT2D eigenvalue weighted by atomic mass is 35.5. The second-order valence-corrected chi connectivity index (χ2v) is 5.11. The SMILES string of the molecule is FC(F)(F)c1ccc2c(c1)NC(c1ccc(Cl)cc1)N=C2. The highest BCUT2D eigenvalue weighted by Crippen LogP contribution is 2.34. The molecule has 108 valence electrons. The van der Waals surface area contributed by atoms with E-state index in [4.69, 9.17) is 11.6 Å². The van der Waals surface area contributed by atoms with Crippen LogP contribution in [0, 0.1) is 0 Å². The number of alkyl halides is 3. The quantitative estimate of drug-likeness (QED) is 0.796. The number of benzene rings is 2. The molecule has 1 unspecified atom stereocenters. The van der Waals surface area contributed by atoms with E-state index in [0.29, 0.717) is 16.3 Å². The van der Waals surface area contributed by atoms with Crippen molar-refractivity contribution in [2.75, 3.05) is 5.32 Å². The summed E-state index contributed by atoms with van der Waals surface area (Å²) in [5.74, 6) is 0. The van der Waals surface area contributed by atoms with Gasteiger partial charge in [0.05, 0.1) is 5.56 Å². The molecule has 21 heavy (non-hydrogen) atoms. The molecule has 0 amide bonds. The van der Waals surface area contributed by atoms with Crippen molar-refractivity contribution in [3.05, 3.63) is 64.2 Å². The second-order valence-electron chi connectivity index (χ2n) is 4.68. The number of hydrogen-bond donors (Lipinski definition) is 1. The first-order valence-electron chi connectivity index (χ1n) is 6.20. The number of rotatable bonds is 1. The van der Waals surface area contributed by atoms with E-state index in [0.717, 1.165) is 17.7 Å². The maximum absolute atomic E-state index is 12.7. The van der Waals surface area contributed by atoms with Crippen LogP contribution in [0.4, 0.5) is 18.9 Å². The first-order chi connectivity index (χ1) is 9.93. The van der Waals surface area contributed by atoms with Crippen LogP contribution in [0.1, 0.15) is 22.9 Å². The van der Waals surface area contributed by atoms with Gasteiger partial charge in [-0.05, 0) is 29.8 Å². The predicted molar refractivity (Wildman–Crippen MR) is 76.9 cm³/mol. The second kappa shape index (κ2) is 5.07. The summed E-state index contributed by atoms with van der Waals surface area (Å²) < 4.78 is 38.2. The molecule has 6 heteroatoms. The normalized spacial score (nSPS) is 17.2. The number of hydrogen-bond acceptors (Lipinski definition) is 2. The molecule has 3 rings (SSSR count). The Morgan fingerprint density at radius 1 is 1.05 bits per heavy atom. The van der Waals surface area contributed by atoms with E-state index in [1.807, 2.05) is 0 Å². The summed E-state index contributed by atoms with van der Waals surface area (Å²) in [5, 5.41) is 3.60. The van der Waals surface area contributed by atoms with Gasteiger partial charge in [-0.2, -0.15) is 13.2 Å². The van der Waals surface area contributed by atoms with Crippen LogP contribution in [0.5, 0.6) is 0 Å². The standard InChI is InChI=1S/C15H10ClF3N2/c16-12-5-2-9(3-6-12)14-20-8-10-1-4-11(15(17,18)19)7-13(10)21-14/h1-8,14,21H. The average molecular weight is 311 g/mol. The minimum atomic E-state index is -4.36. The van der Waals surface area contributed by atoms with Gasteiger partial charge >= 0.3 is 6.18 Å². The fraction of sp³-hybridized carbons (Fsp3) is 0.133. The highest BCUT2D eigenvalue weighted by molar-refractivity contribution is 6.30. The number of nitrogens with one attached hydrogen (secondary N) is 1. The van der Waals surface area contributed by atoms with Gasteiger partial charge in [-0.3, -0.25) is 4.99 Å². The Kier molecular flexibility index (Phi) is 3.37. The molecule has 1 aliphatic rings. The van der Waals surface area contributed by atoms with E-state index < -0.39 is 17.9 Å². The van der Waals surface area contributed by atoms with Gasteiger partial charge in [0.25, 0.3) is 0 Å². The van der Waals surface area contributed by atoms with Crippen molar-refractivity contribution in [1.82, 2.24) is 0 Å². The maximum Gasteiger partial charge on any atom is 0.416 e. The Morgan fingerprint density at radius 2 is 1.76 bits per heavy atom. The zero-order valence-corrected chi connectivity index (χ0v) is 11.4. The third-order valence-corrected chi connectivity index (χ3v) is 3.47. The van der Waals surface area contributed by atoms with Crippen LogP contribution in [0.2, 0.25) is 5.02 Å². The fourth-order valence-corrected chi connectivity index (χ4v) is 2.25. The molecular formula is C15H10ClF3N2. The number of aliphatic imine (C=N–C) groups is 1. The lowest BCUT2D eigenvalue weighted by Gasteiger charge is -2.23.